The van der Waals surface area contributed by atoms with Crippen molar-refractivity contribution in [1.29, 1.82) is 0 Å². The van der Waals surface area contributed by atoms with Gasteiger partial charge in [-0.05, 0) is 6.42 Å². The summed E-state index contributed by atoms with van der Waals surface area (Å²) in [5.41, 5.74) is 0. The van der Waals surface area contributed by atoms with Gasteiger partial charge in [-0.2, -0.15) is 0 Å². The lowest BCUT2D eigenvalue weighted by Crippen LogP contribution is -2.18. The third-order valence-electron chi connectivity index (χ3n) is 1.15. The van der Waals surface area contributed by atoms with Gasteiger partial charge in [0.15, 0.2) is 0 Å². The van der Waals surface area contributed by atoms with E-state index in [9.17, 15) is 9.13 Å². The van der Waals surface area contributed by atoms with E-state index in [1.807, 2.05) is 0 Å². The molecule has 0 rings (SSSR count). The highest BCUT2D eigenvalue weighted by Crippen LogP contribution is 2.41. The fourth-order valence-corrected chi connectivity index (χ4v) is 1.82. The second-order valence-corrected chi connectivity index (χ2v) is 5.29. The highest BCUT2D eigenvalue weighted by atomic mass is 35.5. The molecule has 0 saturated heterocycles. The molecule has 0 bridgehead atoms. The van der Waals surface area contributed by atoms with Crippen molar-refractivity contribution in [3.8, 4) is 0 Å². The normalized spacial score (nSPS) is 15.3. The maximum atomic E-state index is 10.4. The highest BCUT2D eigenvalue weighted by molar-refractivity contribution is 7.46. The third-order valence-corrected chi connectivity index (χ3v) is 2.42. The number of hydrogen-bond donors (Lipinski definition) is 4. The Morgan fingerprint density at radius 3 is 2.00 bits per heavy atom. The molecule has 8 nitrogen and oxygen atoms in total. The summed E-state index contributed by atoms with van der Waals surface area (Å²) < 4.78 is 28.9. The summed E-state index contributed by atoms with van der Waals surface area (Å²) in [4.78, 5) is 33.6. The summed E-state index contributed by atoms with van der Waals surface area (Å²) in [6.07, 6.45) is -1.18. The SMILES string of the molecule is O=P(O)(O)OCC(CCCl)OP(=O)(O)O. The van der Waals surface area contributed by atoms with Crippen LogP contribution in [0.25, 0.3) is 0 Å². The molecule has 0 heterocycles. The second kappa shape index (κ2) is 6.30. The van der Waals surface area contributed by atoms with Gasteiger partial charge in [-0.15, -0.1) is 11.6 Å². The van der Waals surface area contributed by atoms with Crippen LogP contribution in [0.5, 0.6) is 0 Å². The first-order chi connectivity index (χ1) is 6.64. The van der Waals surface area contributed by atoms with Crippen LogP contribution in [0.15, 0.2) is 0 Å². The zero-order valence-corrected chi connectivity index (χ0v) is 9.94. The predicted molar refractivity (Wildman–Crippen MR) is 50.3 cm³/mol. The Labute approximate surface area is 90.6 Å². The third kappa shape index (κ3) is 10.8. The molecule has 0 aromatic carbocycles. The molecule has 1 atom stereocenters. The molecule has 0 fully saturated rings. The predicted octanol–water partition coefficient (Wildman–Crippen LogP) is 0.202. The lowest BCUT2D eigenvalue weighted by molar-refractivity contribution is 0.0718. The van der Waals surface area contributed by atoms with Gasteiger partial charge in [-0.25, -0.2) is 9.13 Å². The molecule has 92 valence electrons. The molecule has 11 heteroatoms. The van der Waals surface area contributed by atoms with Crippen molar-refractivity contribution in [2.24, 2.45) is 0 Å². The molecular formula is C4H11ClO8P2. The Balaban J connectivity index is 4.17. The van der Waals surface area contributed by atoms with Crippen LogP contribution in [0.1, 0.15) is 6.42 Å². The lowest BCUT2D eigenvalue weighted by atomic mass is 10.3. The van der Waals surface area contributed by atoms with Crippen molar-refractivity contribution >= 4 is 27.2 Å². The van der Waals surface area contributed by atoms with Crippen LogP contribution in [-0.4, -0.2) is 38.2 Å². The van der Waals surface area contributed by atoms with Gasteiger partial charge in [-0.1, -0.05) is 0 Å². The van der Waals surface area contributed by atoms with Crippen LogP contribution in [0.3, 0.4) is 0 Å². The minimum absolute atomic E-state index is 0.00728. The van der Waals surface area contributed by atoms with E-state index in [0.29, 0.717) is 0 Å². The Morgan fingerprint density at radius 2 is 1.67 bits per heavy atom. The average molecular weight is 285 g/mol. The first-order valence-electron chi connectivity index (χ1n) is 3.64. The zero-order valence-electron chi connectivity index (χ0n) is 7.39. The summed E-state index contributed by atoms with van der Waals surface area (Å²) in [6.45, 7) is -0.651. The summed E-state index contributed by atoms with van der Waals surface area (Å²) in [5.74, 6) is 0.00911. The number of phosphoric ester groups is 2. The average Bonchev–Trinajstić information content (AvgIpc) is 1.96. The molecule has 0 aliphatic rings. The Bertz CT molecular complexity index is 270. The molecule has 4 N–H and O–H groups in total. The monoisotopic (exact) mass is 284 g/mol. The van der Waals surface area contributed by atoms with E-state index in [4.69, 9.17) is 31.2 Å². The van der Waals surface area contributed by atoms with Crippen LogP contribution in [0, 0.1) is 0 Å². The first kappa shape index (κ1) is 15.5. The van der Waals surface area contributed by atoms with E-state index in [1.54, 1.807) is 0 Å². The molecule has 0 aromatic heterocycles. The van der Waals surface area contributed by atoms with Crippen molar-refractivity contribution in [3.05, 3.63) is 0 Å². The van der Waals surface area contributed by atoms with Crippen LogP contribution in [0.2, 0.25) is 0 Å². The Morgan fingerprint density at radius 1 is 1.13 bits per heavy atom. The zero-order chi connectivity index (χ0) is 12.1. The van der Waals surface area contributed by atoms with Gasteiger partial charge in [0.05, 0.1) is 12.7 Å². The minimum Gasteiger partial charge on any atom is -0.303 e. The van der Waals surface area contributed by atoms with E-state index < -0.39 is 28.4 Å². The van der Waals surface area contributed by atoms with E-state index >= 15 is 0 Å². The van der Waals surface area contributed by atoms with E-state index in [2.05, 4.69) is 9.05 Å². The van der Waals surface area contributed by atoms with Crippen LogP contribution < -0.4 is 0 Å². The van der Waals surface area contributed by atoms with Crippen LogP contribution >= 0.6 is 27.2 Å². The number of halogens is 1. The van der Waals surface area contributed by atoms with Gasteiger partial charge in [0, 0.05) is 5.88 Å². The van der Waals surface area contributed by atoms with Crippen molar-refractivity contribution in [2.45, 2.75) is 12.5 Å². The molecule has 0 aliphatic heterocycles. The smallest absolute Gasteiger partial charge is 0.303 e. The van der Waals surface area contributed by atoms with Crippen LogP contribution in [-0.2, 0) is 18.2 Å². The number of phosphoric acid groups is 2. The van der Waals surface area contributed by atoms with E-state index in [-0.39, 0.29) is 12.3 Å². The fourth-order valence-electron chi connectivity index (χ4n) is 0.663. The Hall–Kier alpha value is 0.510. The fraction of sp³-hybridized carbons (Fsp3) is 1.00. The summed E-state index contributed by atoms with van der Waals surface area (Å²) >= 11 is 5.29. The van der Waals surface area contributed by atoms with Crippen LogP contribution in [0.4, 0.5) is 0 Å². The minimum atomic E-state index is -4.73. The maximum absolute atomic E-state index is 10.4. The molecule has 0 radical (unpaired) electrons. The summed E-state index contributed by atoms with van der Waals surface area (Å²) in [6, 6.07) is 0. The molecule has 0 amide bonds. The molecule has 0 saturated carbocycles. The summed E-state index contributed by atoms with van der Waals surface area (Å²) in [7, 11) is -9.41. The molecule has 0 aromatic rings. The summed E-state index contributed by atoms with van der Waals surface area (Å²) in [5, 5.41) is 0. The number of hydrogen-bond acceptors (Lipinski definition) is 4. The molecule has 15 heavy (non-hydrogen) atoms. The molecule has 0 spiro atoms. The quantitative estimate of drug-likeness (QED) is 0.385. The topological polar surface area (TPSA) is 134 Å². The standard InChI is InChI=1S/C4H11ClO8P2/c5-2-1-4(13-15(9,10)11)3-12-14(6,7)8/h4H,1-3H2,(H2,6,7,8)(H2,9,10,11). The molecular weight excluding hydrogens is 273 g/mol. The highest BCUT2D eigenvalue weighted by Gasteiger charge is 2.25. The Kier molecular flexibility index (Phi) is 6.51. The van der Waals surface area contributed by atoms with Gasteiger partial charge in [-0.3, -0.25) is 9.05 Å². The van der Waals surface area contributed by atoms with Gasteiger partial charge in [0.25, 0.3) is 0 Å². The first-order valence-corrected chi connectivity index (χ1v) is 7.23. The molecule has 0 aliphatic carbocycles. The lowest BCUT2D eigenvalue weighted by Gasteiger charge is -2.17. The van der Waals surface area contributed by atoms with Gasteiger partial charge in [0.1, 0.15) is 0 Å². The van der Waals surface area contributed by atoms with Gasteiger partial charge < -0.3 is 19.6 Å². The van der Waals surface area contributed by atoms with Crippen molar-refractivity contribution in [1.82, 2.24) is 0 Å². The number of rotatable bonds is 7. The largest absolute Gasteiger partial charge is 0.469 e. The maximum Gasteiger partial charge on any atom is 0.469 e. The van der Waals surface area contributed by atoms with E-state index in [1.165, 1.54) is 0 Å². The van der Waals surface area contributed by atoms with Gasteiger partial charge >= 0.3 is 15.6 Å². The van der Waals surface area contributed by atoms with Crippen molar-refractivity contribution in [2.75, 3.05) is 12.5 Å². The van der Waals surface area contributed by atoms with Crippen molar-refractivity contribution in [3.63, 3.8) is 0 Å². The molecule has 1 unspecified atom stereocenters. The number of alkyl halides is 1. The van der Waals surface area contributed by atoms with Gasteiger partial charge in [0.2, 0.25) is 0 Å². The van der Waals surface area contributed by atoms with E-state index in [0.717, 1.165) is 0 Å². The second-order valence-electron chi connectivity index (χ2n) is 2.48. The van der Waals surface area contributed by atoms with Crippen molar-refractivity contribution < 1.29 is 37.8 Å².